The number of rotatable bonds is 5. The van der Waals surface area contributed by atoms with Gasteiger partial charge in [-0.05, 0) is 204 Å². The lowest BCUT2D eigenvalue weighted by atomic mass is 10.0. The van der Waals surface area contributed by atoms with Crippen molar-refractivity contribution in [1.29, 1.82) is 0 Å². The minimum Gasteiger partial charge on any atom is -0.261 e. The summed E-state index contributed by atoms with van der Waals surface area (Å²) in [5, 5.41) is 0. The zero-order valence-corrected chi connectivity index (χ0v) is 64.1. The lowest BCUT2D eigenvalue weighted by Crippen LogP contribution is -1.81. The van der Waals surface area contributed by atoms with Crippen molar-refractivity contribution in [2.45, 2.75) is 125 Å². The quantitative estimate of drug-likeness (QED) is 0.172. The molecule has 0 spiro atoms. The number of aryl methyl sites for hydroxylation is 18. The van der Waals surface area contributed by atoms with E-state index in [9.17, 15) is 0 Å². The molecule has 0 radical (unpaired) electrons. The average Bonchev–Trinajstić information content (AvgIpc) is 0.888. The highest BCUT2D eigenvalue weighted by atomic mass is 14.7. The van der Waals surface area contributed by atoms with Crippen LogP contribution in [0.3, 0.4) is 0 Å². The van der Waals surface area contributed by atoms with Gasteiger partial charge in [0.2, 0.25) is 0 Å². The Balaban J connectivity index is 0.000000182. The Kier molecular flexibility index (Phi) is 33.5. The molecule has 0 atom stereocenters. The highest BCUT2D eigenvalue weighted by molar-refractivity contribution is 5.68. The molecule has 102 heavy (non-hydrogen) atoms. The van der Waals surface area contributed by atoms with Crippen LogP contribution in [0.15, 0.2) is 328 Å². The summed E-state index contributed by atoms with van der Waals surface area (Å²) in [7, 11) is 0. The van der Waals surface area contributed by atoms with Crippen LogP contribution in [-0.2, 0) is 0 Å². The zero-order chi connectivity index (χ0) is 73.8. The SMILES string of the molecule is Cc1ccc(-c2ccc(C)cc2)cc1.Cc1ccc(-c2cccc(C)c2)cc1.Cc1ccc(-c2cccc(C)c2)cc1.Cc1ccc(C)cc1.Cc1ccc(C)nc1.Cc1cccc(-c2cccc(C)c2)c1.Cc1cccc(-c2cccc(C)c2)c1.Cc1cccc(C)c1.Cc1cccc(C)n1. The standard InChI is InChI=1S/5C14H14.2C8H10.2C7H9N/c1-11-3-7-13(8-4-11)14-9-5-12(2)6-10-14;2*1-11-5-3-7-13(9-11)14-8-4-6-12(2)10-14;2*1-11-6-8-13(9-7-11)14-5-3-4-12(2)10-14;1-7-3-5-8(2)6-4-7;1-7-4-3-5-8(2)6-7;1-6-3-4-7(2)8-5-6;1-6-4-3-5-7(2)8-6/h5*3-10H,1-2H3;2*3-6H,1-2H3;2*3-5H,1-2H3. The molecule has 2 heteroatoms. The van der Waals surface area contributed by atoms with Crippen molar-refractivity contribution in [2.24, 2.45) is 0 Å². The Morgan fingerprint density at radius 1 is 0.137 bits per heavy atom. The highest BCUT2D eigenvalue weighted by Crippen LogP contribution is 2.25. The first kappa shape index (κ1) is 79.9. The summed E-state index contributed by atoms with van der Waals surface area (Å²) in [6.07, 6.45) is 1.87. The molecule has 0 aliphatic rings. The fraction of sp³-hybridized carbons (Fsp3) is 0.180. The van der Waals surface area contributed by atoms with Crippen LogP contribution in [0.1, 0.15) is 101 Å². The van der Waals surface area contributed by atoms with E-state index in [1.54, 1.807) is 0 Å². The molecule has 0 aliphatic carbocycles. The molecule has 0 saturated heterocycles. The summed E-state index contributed by atoms with van der Waals surface area (Å²) in [6.45, 7) is 37.6. The van der Waals surface area contributed by atoms with Crippen LogP contribution in [0.2, 0.25) is 0 Å². The largest absolute Gasteiger partial charge is 0.261 e. The van der Waals surface area contributed by atoms with E-state index in [0.717, 1.165) is 17.1 Å². The summed E-state index contributed by atoms with van der Waals surface area (Å²) >= 11 is 0. The fourth-order valence-electron chi connectivity index (χ4n) is 10.6. The van der Waals surface area contributed by atoms with Crippen molar-refractivity contribution in [3.63, 3.8) is 0 Å². The molecule has 2 nitrogen and oxygen atoms in total. The summed E-state index contributed by atoms with van der Waals surface area (Å²) < 4.78 is 0. The zero-order valence-electron chi connectivity index (χ0n) is 64.1. The maximum atomic E-state index is 4.17. The predicted octanol–water partition coefficient (Wildman–Crippen LogP) is 27.9. The van der Waals surface area contributed by atoms with Gasteiger partial charge >= 0.3 is 0 Å². The molecule has 0 amide bonds. The lowest BCUT2D eigenvalue weighted by molar-refractivity contribution is 1.12. The molecule has 2 heterocycles. The first-order valence-corrected chi connectivity index (χ1v) is 35.5. The predicted molar refractivity (Wildman–Crippen MR) is 446 cm³/mol. The molecule has 14 aromatic rings. The van der Waals surface area contributed by atoms with Gasteiger partial charge in [0, 0.05) is 23.3 Å². The van der Waals surface area contributed by atoms with Crippen molar-refractivity contribution in [3.8, 4) is 55.6 Å². The number of benzene rings is 12. The second-order valence-corrected chi connectivity index (χ2v) is 26.9. The summed E-state index contributed by atoms with van der Waals surface area (Å²) in [6, 6.07) is 113. The molecular weight excluding hydrogens is 1230 g/mol. The van der Waals surface area contributed by atoms with Crippen LogP contribution in [0.4, 0.5) is 0 Å². The van der Waals surface area contributed by atoms with E-state index in [1.807, 2.05) is 58.2 Å². The molecular formula is C100H108N2. The molecule has 2 aromatic heterocycles. The third kappa shape index (κ3) is 31.0. The summed E-state index contributed by atoms with van der Waals surface area (Å²) in [5.41, 5.74) is 35.8. The Labute approximate surface area is 614 Å². The summed E-state index contributed by atoms with van der Waals surface area (Å²) in [4.78, 5) is 8.25. The molecule has 0 N–H and O–H groups in total. The number of hydrogen-bond donors (Lipinski definition) is 0. The van der Waals surface area contributed by atoms with Gasteiger partial charge in [0.25, 0.3) is 0 Å². The summed E-state index contributed by atoms with van der Waals surface area (Å²) in [5.74, 6) is 0. The number of pyridine rings is 2. The molecule has 0 aliphatic heterocycles. The van der Waals surface area contributed by atoms with Crippen LogP contribution in [0.25, 0.3) is 55.6 Å². The number of aromatic nitrogens is 2. The van der Waals surface area contributed by atoms with E-state index in [1.165, 1.54) is 139 Å². The van der Waals surface area contributed by atoms with Gasteiger partial charge in [-0.15, -0.1) is 0 Å². The molecule has 12 aromatic carbocycles. The van der Waals surface area contributed by atoms with Gasteiger partial charge in [0.15, 0.2) is 0 Å². The topological polar surface area (TPSA) is 25.8 Å². The van der Waals surface area contributed by atoms with Crippen LogP contribution in [0.5, 0.6) is 0 Å². The Hall–Kier alpha value is -11.1. The van der Waals surface area contributed by atoms with Gasteiger partial charge < -0.3 is 0 Å². The average molecular weight is 1340 g/mol. The second-order valence-electron chi connectivity index (χ2n) is 26.9. The van der Waals surface area contributed by atoms with Crippen molar-refractivity contribution in [1.82, 2.24) is 9.97 Å². The van der Waals surface area contributed by atoms with Gasteiger partial charge in [-0.2, -0.15) is 0 Å². The van der Waals surface area contributed by atoms with Crippen LogP contribution < -0.4 is 0 Å². The van der Waals surface area contributed by atoms with E-state index in [4.69, 9.17) is 0 Å². The molecule has 14 rings (SSSR count). The van der Waals surface area contributed by atoms with Gasteiger partial charge in [-0.1, -0.05) is 381 Å². The Bertz CT molecular complexity index is 4240. The maximum absolute atomic E-state index is 4.17. The van der Waals surface area contributed by atoms with Crippen molar-refractivity contribution in [2.75, 3.05) is 0 Å². The highest BCUT2D eigenvalue weighted by Gasteiger charge is 2.02. The lowest BCUT2D eigenvalue weighted by Gasteiger charge is -2.03. The Morgan fingerprint density at radius 2 is 0.324 bits per heavy atom. The molecule has 0 fully saturated rings. The fourth-order valence-corrected chi connectivity index (χ4v) is 10.6. The maximum Gasteiger partial charge on any atom is 0.0375 e. The minimum absolute atomic E-state index is 1.08. The number of nitrogens with zero attached hydrogens (tertiary/aromatic N) is 2. The van der Waals surface area contributed by atoms with Crippen molar-refractivity contribution in [3.05, 3.63) is 428 Å². The van der Waals surface area contributed by atoms with Crippen LogP contribution in [0, 0.1) is 125 Å². The van der Waals surface area contributed by atoms with Gasteiger partial charge in [-0.25, -0.2) is 0 Å². The molecule has 0 unspecified atom stereocenters. The first-order valence-electron chi connectivity index (χ1n) is 35.5. The third-order valence-electron chi connectivity index (χ3n) is 16.5. The van der Waals surface area contributed by atoms with Crippen molar-refractivity contribution >= 4 is 0 Å². The van der Waals surface area contributed by atoms with Gasteiger partial charge in [0.05, 0.1) is 0 Å². The van der Waals surface area contributed by atoms with E-state index in [-0.39, 0.29) is 0 Å². The van der Waals surface area contributed by atoms with Gasteiger partial charge in [0.1, 0.15) is 0 Å². The normalized spacial score (nSPS) is 9.86. The van der Waals surface area contributed by atoms with E-state index in [0.29, 0.717) is 0 Å². The van der Waals surface area contributed by atoms with Gasteiger partial charge in [-0.3, -0.25) is 9.97 Å². The smallest absolute Gasteiger partial charge is 0.0375 e. The van der Waals surface area contributed by atoms with E-state index >= 15 is 0 Å². The van der Waals surface area contributed by atoms with E-state index < -0.39 is 0 Å². The Morgan fingerprint density at radius 3 is 0.500 bits per heavy atom. The molecule has 518 valence electrons. The minimum atomic E-state index is 1.08. The number of hydrogen-bond acceptors (Lipinski definition) is 2. The first-order chi connectivity index (χ1) is 48.9. The van der Waals surface area contributed by atoms with Crippen LogP contribution >= 0.6 is 0 Å². The monoisotopic (exact) mass is 1340 g/mol. The molecule has 0 saturated carbocycles. The second kappa shape index (κ2) is 42.8. The molecule has 0 bridgehead atoms. The van der Waals surface area contributed by atoms with Crippen LogP contribution in [-0.4, -0.2) is 9.97 Å². The van der Waals surface area contributed by atoms with Crippen molar-refractivity contribution < 1.29 is 0 Å². The third-order valence-corrected chi connectivity index (χ3v) is 16.5. The van der Waals surface area contributed by atoms with E-state index in [2.05, 4.69) is 404 Å².